The molecule has 112 valence electrons. The molecule has 1 aromatic rings. The molecule has 0 aliphatic heterocycles. The molecule has 0 atom stereocenters. The maximum atomic E-state index is 12.5. The first kappa shape index (κ1) is 15.0. The molecule has 20 heavy (non-hydrogen) atoms. The molecule has 0 aromatic carbocycles. The van der Waals surface area contributed by atoms with Crippen LogP contribution in [0.25, 0.3) is 0 Å². The Bertz CT molecular complexity index is 416. The van der Waals surface area contributed by atoms with Crippen LogP contribution in [0.1, 0.15) is 37.8 Å². The summed E-state index contributed by atoms with van der Waals surface area (Å²) in [5.41, 5.74) is -0.992. The van der Waals surface area contributed by atoms with Crippen LogP contribution in [0, 0.1) is 0 Å². The van der Waals surface area contributed by atoms with Crippen LogP contribution in [-0.2, 0) is 6.18 Å². The number of aliphatic hydroxyl groups excluding tert-OH is 1. The summed E-state index contributed by atoms with van der Waals surface area (Å²) in [6.45, 7) is 0.309. The van der Waals surface area contributed by atoms with Gasteiger partial charge in [0.2, 0.25) is 0 Å². The van der Waals surface area contributed by atoms with Gasteiger partial charge in [-0.1, -0.05) is 19.3 Å². The lowest BCUT2D eigenvalue weighted by Gasteiger charge is -2.34. The van der Waals surface area contributed by atoms with Gasteiger partial charge in [-0.15, -0.1) is 10.2 Å². The van der Waals surface area contributed by atoms with E-state index in [-0.39, 0.29) is 12.6 Å². The number of hydrogen-bond donors (Lipinski definition) is 1. The highest BCUT2D eigenvalue weighted by Crippen LogP contribution is 2.29. The molecular formula is C13H18F3N3O. The zero-order chi connectivity index (χ0) is 14.6. The Hall–Kier alpha value is -1.37. The lowest BCUT2D eigenvalue weighted by molar-refractivity contribution is -0.141. The van der Waals surface area contributed by atoms with Crippen molar-refractivity contribution in [2.24, 2.45) is 0 Å². The summed E-state index contributed by atoms with van der Waals surface area (Å²) >= 11 is 0. The van der Waals surface area contributed by atoms with Crippen molar-refractivity contribution in [1.82, 2.24) is 10.2 Å². The molecule has 0 saturated heterocycles. The minimum atomic E-state index is -4.47. The van der Waals surface area contributed by atoms with E-state index in [0.29, 0.717) is 12.4 Å². The van der Waals surface area contributed by atoms with E-state index in [2.05, 4.69) is 10.2 Å². The van der Waals surface area contributed by atoms with Crippen molar-refractivity contribution in [3.63, 3.8) is 0 Å². The Morgan fingerprint density at radius 3 is 2.35 bits per heavy atom. The molecule has 1 saturated carbocycles. The predicted molar refractivity (Wildman–Crippen MR) is 68.3 cm³/mol. The third-order valence-corrected chi connectivity index (χ3v) is 3.59. The predicted octanol–water partition coefficient (Wildman–Crippen LogP) is 2.63. The highest BCUT2D eigenvalue weighted by Gasteiger charge is 2.33. The number of nitrogens with zero attached hydrogens (tertiary/aromatic N) is 3. The van der Waals surface area contributed by atoms with Crippen LogP contribution in [-0.4, -0.2) is 34.5 Å². The molecule has 1 aliphatic carbocycles. The summed E-state index contributed by atoms with van der Waals surface area (Å²) in [4.78, 5) is 1.87. The van der Waals surface area contributed by atoms with Crippen LogP contribution in [0.2, 0.25) is 0 Å². The van der Waals surface area contributed by atoms with Gasteiger partial charge in [-0.05, 0) is 25.0 Å². The van der Waals surface area contributed by atoms with Crippen molar-refractivity contribution in [1.29, 1.82) is 0 Å². The van der Waals surface area contributed by atoms with E-state index >= 15 is 0 Å². The maximum Gasteiger partial charge on any atom is 0.435 e. The summed E-state index contributed by atoms with van der Waals surface area (Å²) in [7, 11) is 0. The molecule has 0 spiro atoms. The molecule has 1 aromatic heterocycles. The van der Waals surface area contributed by atoms with Gasteiger partial charge in [0, 0.05) is 12.6 Å². The summed E-state index contributed by atoms with van der Waals surface area (Å²) in [6.07, 6.45) is 0.854. The standard InChI is InChI=1S/C13H18F3N3O/c14-13(15,16)11-6-7-12(18-17-11)19(8-9-20)10-4-2-1-3-5-10/h6-7,10,20H,1-5,8-9H2. The maximum absolute atomic E-state index is 12.5. The molecule has 7 heteroatoms. The molecule has 0 amide bonds. The molecule has 2 rings (SSSR count). The van der Waals surface area contributed by atoms with E-state index in [1.54, 1.807) is 0 Å². The molecule has 1 heterocycles. The molecule has 1 N–H and O–H groups in total. The summed E-state index contributed by atoms with van der Waals surface area (Å²) in [5, 5.41) is 16.1. The topological polar surface area (TPSA) is 49.2 Å². The number of alkyl halides is 3. The van der Waals surface area contributed by atoms with Crippen LogP contribution in [0.15, 0.2) is 12.1 Å². The zero-order valence-corrected chi connectivity index (χ0v) is 11.1. The molecular weight excluding hydrogens is 271 g/mol. The first-order valence-corrected chi connectivity index (χ1v) is 6.81. The fourth-order valence-corrected chi connectivity index (χ4v) is 2.61. The number of anilines is 1. The Morgan fingerprint density at radius 1 is 1.15 bits per heavy atom. The minimum absolute atomic E-state index is 0.0563. The Labute approximate surface area is 115 Å². The number of aromatic nitrogens is 2. The van der Waals surface area contributed by atoms with Gasteiger partial charge in [0.15, 0.2) is 11.5 Å². The van der Waals surface area contributed by atoms with E-state index in [4.69, 9.17) is 5.11 Å². The highest BCUT2D eigenvalue weighted by atomic mass is 19.4. The molecule has 0 radical (unpaired) electrons. The van der Waals surface area contributed by atoms with Crippen molar-refractivity contribution >= 4 is 5.82 Å². The first-order chi connectivity index (χ1) is 9.52. The molecule has 0 bridgehead atoms. The number of rotatable bonds is 4. The summed E-state index contributed by atoms with van der Waals surface area (Å²) in [6, 6.07) is 2.50. The van der Waals surface area contributed by atoms with E-state index in [9.17, 15) is 13.2 Å². The lowest BCUT2D eigenvalue weighted by Crippen LogP contribution is -2.39. The zero-order valence-electron chi connectivity index (χ0n) is 11.1. The van der Waals surface area contributed by atoms with Crippen molar-refractivity contribution in [2.45, 2.75) is 44.3 Å². The van der Waals surface area contributed by atoms with Crippen LogP contribution in [0.4, 0.5) is 19.0 Å². The van der Waals surface area contributed by atoms with Gasteiger partial charge >= 0.3 is 6.18 Å². The van der Waals surface area contributed by atoms with E-state index < -0.39 is 11.9 Å². The average Bonchev–Trinajstić information content (AvgIpc) is 2.45. The Morgan fingerprint density at radius 2 is 1.85 bits per heavy atom. The quantitative estimate of drug-likeness (QED) is 0.925. The Kier molecular flexibility index (Phi) is 4.80. The van der Waals surface area contributed by atoms with Gasteiger partial charge in [0.25, 0.3) is 0 Å². The molecule has 1 fully saturated rings. The lowest BCUT2D eigenvalue weighted by atomic mass is 9.94. The number of halogens is 3. The van der Waals surface area contributed by atoms with E-state index in [1.165, 1.54) is 12.5 Å². The van der Waals surface area contributed by atoms with Gasteiger partial charge in [0.05, 0.1) is 6.61 Å². The monoisotopic (exact) mass is 289 g/mol. The van der Waals surface area contributed by atoms with Crippen LogP contribution >= 0.6 is 0 Å². The highest BCUT2D eigenvalue weighted by molar-refractivity contribution is 5.39. The fraction of sp³-hybridized carbons (Fsp3) is 0.692. The van der Waals surface area contributed by atoms with Gasteiger partial charge in [-0.25, -0.2) is 0 Å². The van der Waals surface area contributed by atoms with Gasteiger partial charge in [-0.3, -0.25) is 0 Å². The summed E-state index contributed by atoms with van der Waals surface area (Å²) < 4.78 is 37.4. The van der Waals surface area contributed by atoms with Crippen LogP contribution in [0.5, 0.6) is 0 Å². The van der Waals surface area contributed by atoms with E-state index in [1.807, 2.05) is 4.90 Å². The minimum Gasteiger partial charge on any atom is -0.395 e. The largest absolute Gasteiger partial charge is 0.435 e. The Balaban J connectivity index is 2.16. The molecule has 0 unspecified atom stereocenters. The van der Waals surface area contributed by atoms with E-state index in [0.717, 1.165) is 31.7 Å². The fourth-order valence-electron chi connectivity index (χ4n) is 2.61. The first-order valence-electron chi connectivity index (χ1n) is 6.81. The number of aliphatic hydroxyl groups is 1. The molecule has 4 nitrogen and oxygen atoms in total. The van der Waals surface area contributed by atoms with Crippen molar-refractivity contribution < 1.29 is 18.3 Å². The third-order valence-electron chi connectivity index (χ3n) is 3.59. The second-order valence-corrected chi connectivity index (χ2v) is 4.98. The van der Waals surface area contributed by atoms with Gasteiger partial charge < -0.3 is 10.0 Å². The van der Waals surface area contributed by atoms with Gasteiger partial charge in [-0.2, -0.15) is 13.2 Å². The average molecular weight is 289 g/mol. The second-order valence-electron chi connectivity index (χ2n) is 4.98. The summed E-state index contributed by atoms with van der Waals surface area (Å²) in [5.74, 6) is 0.402. The second kappa shape index (κ2) is 6.39. The third kappa shape index (κ3) is 3.59. The molecule has 1 aliphatic rings. The van der Waals surface area contributed by atoms with Crippen molar-refractivity contribution in [3.05, 3.63) is 17.8 Å². The van der Waals surface area contributed by atoms with Gasteiger partial charge in [0.1, 0.15) is 0 Å². The number of hydrogen-bond acceptors (Lipinski definition) is 4. The smallest absolute Gasteiger partial charge is 0.395 e. The SMILES string of the molecule is OCCN(c1ccc(C(F)(F)F)nn1)C1CCCCC1. The van der Waals surface area contributed by atoms with Crippen molar-refractivity contribution in [2.75, 3.05) is 18.1 Å². The van der Waals surface area contributed by atoms with Crippen LogP contribution in [0.3, 0.4) is 0 Å². The van der Waals surface area contributed by atoms with Crippen molar-refractivity contribution in [3.8, 4) is 0 Å². The normalized spacial score (nSPS) is 17.2. The van der Waals surface area contributed by atoms with Crippen LogP contribution < -0.4 is 4.90 Å².